The van der Waals surface area contributed by atoms with Crippen LogP contribution in [0.5, 0.6) is 0 Å². The highest BCUT2D eigenvalue weighted by Gasteiger charge is 2.25. The molecule has 0 aromatic carbocycles. The number of aryl methyl sites for hydroxylation is 1. The summed E-state index contributed by atoms with van der Waals surface area (Å²) in [6, 6.07) is 5.94. The van der Waals surface area contributed by atoms with E-state index in [1.807, 2.05) is 29.9 Å². The Hall–Kier alpha value is -2.54. The van der Waals surface area contributed by atoms with Crippen molar-refractivity contribution in [3.05, 3.63) is 58.7 Å². The number of nitrogens with zero attached hydrogens (tertiary/aromatic N) is 6. The molecule has 7 heteroatoms. The Kier molecular flexibility index (Phi) is 3.86. The Morgan fingerprint density at radius 1 is 1.33 bits per heavy atom. The number of likely N-dealkylation sites (tertiary alicyclic amines) is 1. The van der Waals surface area contributed by atoms with Gasteiger partial charge >= 0.3 is 0 Å². The minimum atomic E-state index is -0.0225. The van der Waals surface area contributed by atoms with Gasteiger partial charge in [0.1, 0.15) is 18.3 Å². The Morgan fingerprint density at radius 3 is 3.08 bits per heavy atom. The van der Waals surface area contributed by atoms with Gasteiger partial charge in [0.25, 0.3) is 5.56 Å². The van der Waals surface area contributed by atoms with E-state index < -0.39 is 0 Å². The van der Waals surface area contributed by atoms with Crippen molar-refractivity contribution in [2.24, 2.45) is 0 Å². The van der Waals surface area contributed by atoms with Crippen LogP contribution in [0, 0.1) is 6.92 Å². The van der Waals surface area contributed by atoms with Crippen LogP contribution in [0.25, 0.3) is 5.65 Å². The van der Waals surface area contributed by atoms with Gasteiger partial charge in [-0.25, -0.2) is 9.97 Å². The van der Waals surface area contributed by atoms with Crippen LogP contribution in [0.2, 0.25) is 0 Å². The number of hydrogen-bond donors (Lipinski definition) is 0. The van der Waals surface area contributed by atoms with Crippen molar-refractivity contribution < 1.29 is 0 Å². The average Bonchev–Trinajstić information content (AvgIpc) is 3.21. The molecule has 0 N–H and O–H groups in total. The van der Waals surface area contributed by atoms with Crippen molar-refractivity contribution in [2.45, 2.75) is 38.9 Å². The molecule has 0 saturated carbocycles. The van der Waals surface area contributed by atoms with E-state index >= 15 is 0 Å². The fourth-order valence-electron chi connectivity index (χ4n) is 3.40. The summed E-state index contributed by atoms with van der Waals surface area (Å²) < 4.78 is 3.48. The molecule has 7 nitrogen and oxygen atoms in total. The van der Waals surface area contributed by atoms with E-state index in [1.54, 1.807) is 23.1 Å². The summed E-state index contributed by atoms with van der Waals surface area (Å²) in [5.74, 6) is 0. The molecule has 0 aliphatic carbocycles. The standard InChI is InChI=1S/C17H20N6O/c1-13-4-5-16-20-14(7-17(24)23(16)8-13)9-21-6-2-3-15(21)10-22-12-18-11-19-22/h4-5,7-8,11-12,15H,2-3,6,9-10H2,1H3/t15-/m0/s1. The smallest absolute Gasteiger partial charge is 0.258 e. The first kappa shape index (κ1) is 15.0. The topological polar surface area (TPSA) is 68.3 Å². The van der Waals surface area contributed by atoms with Crippen LogP contribution < -0.4 is 5.56 Å². The molecule has 0 spiro atoms. The Labute approximate surface area is 139 Å². The minimum absolute atomic E-state index is 0.0225. The van der Waals surface area contributed by atoms with Crippen LogP contribution in [0.1, 0.15) is 24.1 Å². The van der Waals surface area contributed by atoms with Crippen LogP contribution in [-0.2, 0) is 13.1 Å². The van der Waals surface area contributed by atoms with Gasteiger partial charge in [0.05, 0.1) is 12.2 Å². The lowest BCUT2D eigenvalue weighted by atomic mass is 10.2. The van der Waals surface area contributed by atoms with Crippen LogP contribution in [-0.4, -0.2) is 41.6 Å². The van der Waals surface area contributed by atoms with E-state index in [0.29, 0.717) is 18.2 Å². The van der Waals surface area contributed by atoms with E-state index in [-0.39, 0.29) is 5.56 Å². The van der Waals surface area contributed by atoms with Gasteiger partial charge in [-0.05, 0) is 37.9 Å². The largest absolute Gasteiger partial charge is 0.293 e. The zero-order chi connectivity index (χ0) is 16.5. The molecule has 0 unspecified atom stereocenters. The second-order valence-electron chi connectivity index (χ2n) is 6.40. The first-order valence-corrected chi connectivity index (χ1v) is 8.24. The lowest BCUT2D eigenvalue weighted by Gasteiger charge is -2.23. The summed E-state index contributed by atoms with van der Waals surface area (Å²) in [4.78, 5) is 23.4. The highest BCUT2D eigenvalue weighted by Crippen LogP contribution is 2.20. The molecule has 1 aliphatic heterocycles. The molecule has 24 heavy (non-hydrogen) atoms. The molecule has 1 fully saturated rings. The molecular formula is C17H20N6O. The van der Waals surface area contributed by atoms with E-state index in [9.17, 15) is 4.79 Å². The third kappa shape index (κ3) is 2.94. The van der Waals surface area contributed by atoms with Crippen molar-refractivity contribution in [1.82, 2.24) is 29.0 Å². The molecule has 1 atom stereocenters. The van der Waals surface area contributed by atoms with Crippen molar-refractivity contribution in [3.63, 3.8) is 0 Å². The number of rotatable bonds is 4. The second kappa shape index (κ2) is 6.16. The lowest BCUT2D eigenvalue weighted by Crippen LogP contribution is -2.33. The average molecular weight is 324 g/mol. The maximum absolute atomic E-state index is 12.3. The third-order valence-electron chi connectivity index (χ3n) is 4.59. The van der Waals surface area contributed by atoms with Crippen molar-refractivity contribution in [3.8, 4) is 0 Å². The molecule has 124 valence electrons. The predicted octanol–water partition coefficient (Wildman–Crippen LogP) is 1.26. The molecule has 3 aromatic heterocycles. The molecule has 0 amide bonds. The predicted molar refractivity (Wildman–Crippen MR) is 89.7 cm³/mol. The van der Waals surface area contributed by atoms with Crippen molar-refractivity contribution >= 4 is 5.65 Å². The number of aromatic nitrogens is 5. The normalized spacial score (nSPS) is 18.5. The van der Waals surface area contributed by atoms with Gasteiger partial charge < -0.3 is 0 Å². The molecule has 1 saturated heterocycles. The van der Waals surface area contributed by atoms with Gasteiger partial charge in [0.15, 0.2) is 0 Å². The quantitative estimate of drug-likeness (QED) is 0.723. The van der Waals surface area contributed by atoms with Crippen LogP contribution >= 0.6 is 0 Å². The number of fused-ring (bicyclic) bond motifs is 1. The second-order valence-corrected chi connectivity index (χ2v) is 6.40. The van der Waals surface area contributed by atoms with Gasteiger partial charge in [-0.3, -0.25) is 18.8 Å². The maximum Gasteiger partial charge on any atom is 0.258 e. The van der Waals surface area contributed by atoms with Gasteiger partial charge in [0.2, 0.25) is 0 Å². The maximum atomic E-state index is 12.3. The summed E-state index contributed by atoms with van der Waals surface area (Å²) in [6.45, 7) is 4.51. The summed E-state index contributed by atoms with van der Waals surface area (Å²) >= 11 is 0. The fourth-order valence-corrected chi connectivity index (χ4v) is 3.40. The van der Waals surface area contributed by atoms with Crippen LogP contribution in [0.3, 0.4) is 0 Å². The lowest BCUT2D eigenvalue weighted by molar-refractivity contribution is 0.216. The Bertz CT molecular complexity index is 901. The van der Waals surface area contributed by atoms with Gasteiger partial charge in [0, 0.05) is 24.8 Å². The highest BCUT2D eigenvalue weighted by atomic mass is 16.1. The summed E-state index contributed by atoms with van der Waals surface area (Å²) in [5, 5.41) is 4.19. The molecule has 3 aromatic rings. The van der Waals surface area contributed by atoms with Gasteiger partial charge in [-0.1, -0.05) is 6.07 Å². The molecule has 0 bridgehead atoms. The van der Waals surface area contributed by atoms with E-state index in [1.165, 1.54) is 0 Å². The fraction of sp³-hybridized carbons (Fsp3) is 0.412. The van der Waals surface area contributed by atoms with Gasteiger partial charge in [-0.2, -0.15) is 5.10 Å². The van der Waals surface area contributed by atoms with Crippen LogP contribution in [0.4, 0.5) is 0 Å². The summed E-state index contributed by atoms with van der Waals surface area (Å²) in [7, 11) is 0. The minimum Gasteiger partial charge on any atom is -0.293 e. The zero-order valence-electron chi connectivity index (χ0n) is 13.7. The molecule has 4 heterocycles. The first-order valence-electron chi connectivity index (χ1n) is 8.24. The van der Waals surface area contributed by atoms with Crippen molar-refractivity contribution in [1.29, 1.82) is 0 Å². The monoisotopic (exact) mass is 324 g/mol. The molecular weight excluding hydrogens is 304 g/mol. The summed E-state index contributed by atoms with van der Waals surface area (Å²) in [5.41, 5.74) is 2.56. The van der Waals surface area contributed by atoms with E-state index in [4.69, 9.17) is 0 Å². The van der Waals surface area contributed by atoms with Crippen LogP contribution in [0.15, 0.2) is 41.8 Å². The molecule has 1 aliphatic rings. The SMILES string of the molecule is Cc1ccc2nc(CN3CCC[C@H]3Cn3cncn3)cc(=O)n2c1. The van der Waals surface area contributed by atoms with Crippen molar-refractivity contribution in [2.75, 3.05) is 6.54 Å². The number of hydrogen-bond acceptors (Lipinski definition) is 5. The first-order chi connectivity index (χ1) is 11.7. The summed E-state index contributed by atoms with van der Waals surface area (Å²) in [6.07, 6.45) is 7.43. The molecule has 0 radical (unpaired) electrons. The van der Waals surface area contributed by atoms with Gasteiger partial charge in [-0.15, -0.1) is 0 Å². The highest BCUT2D eigenvalue weighted by molar-refractivity contribution is 5.39. The Morgan fingerprint density at radius 2 is 2.25 bits per heavy atom. The Balaban J connectivity index is 1.57. The molecule has 4 rings (SSSR count). The number of pyridine rings is 1. The zero-order valence-corrected chi connectivity index (χ0v) is 13.7. The van der Waals surface area contributed by atoms with E-state index in [0.717, 1.165) is 37.2 Å². The third-order valence-corrected chi connectivity index (χ3v) is 4.59. The van der Waals surface area contributed by atoms with E-state index in [2.05, 4.69) is 20.0 Å².